The van der Waals surface area contributed by atoms with Crippen LogP contribution in [0.2, 0.25) is 5.02 Å². The van der Waals surface area contributed by atoms with Crippen molar-refractivity contribution in [2.24, 2.45) is 5.92 Å². The summed E-state index contributed by atoms with van der Waals surface area (Å²) < 4.78 is 6.89. The molecule has 4 rings (SSSR count). The lowest BCUT2D eigenvalue weighted by atomic mass is 9.96. The average Bonchev–Trinajstić information content (AvgIpc) is 2.76. The van der Waals surface area contributed by atoms with E-state index in [1.807, 2.05) is 6.07 Å². The molecule has 1 aromatic carbocycles. The molecule has 0 saturated carbocycles. The topological polar surface area (TPSA) is 84.0 Å². The lowest BCUT2D eigenvalue weighted by Gasteiger charge is -2.33. The van der Waals surface area contributed by atoms with Crippen molar-refractivity contribution in [1.29, 1.82) is 5.26 Å². The highest BCUT2D eigenvalue weighted by Gasteiger charge is 2.23. The Labute approximate surface area is 173 Å². The van der Waals surface area contributed by atoms with Gasteiger partial charge >= 0.3 is 0 Å². The number of methoxy groups -OCH3 is 1. The lowest BCUT2D eigenvalue weighted by Crippen LogP contribution is -2.37. The van der Waals surface area contributed by atoms with Crippen LogP contribution in [0.4, 0.5) is 5.82 Å². The first-order chi connectivity index (χ1) is 14.1. The van der Waals surface area contributed by atoms with Crippen molar-refractivity contribution in [2.45, 2.75) is 19.4 Å². The first-order valence-electron chi connectivity index (χ1n) is 9.43. The fraction of sp³-hybridized carbons (Fsp3) is 0.333. The quantitative estimate of drug-likeness (QED) is 0.657. The van der Waals surface area contributed by atoms with Crippen molar-refractivity contribution in [3.63, 3.8) is 0 Å². The minimum Gasteiger partial charge on any atom is -0.497 e. The molecule has 0 unspecified atom stereocenters. The summed E-state index contributed by atoms with van der Waals surface area (Å²) in [5.74, 6) is 1.77. The number of aromatic nitrogens is 3. The largest absolute Gasteiger partial charge is 0.497 e. The number of nitriles is 1. The number of nitrogens with zero attached hydrogens (tertiary/aromatic N) is 5. The number of rotatable bonds is 4. The predicted octanol–water partition coefficient (Wildman–Crippen LogP) is 3.24. The second kappa shape index (κ2) is 8.10. The van der Waals surface area contributed by atoms with Crippen molar-refractivity contribution in [3.8, 4) is 11.8 Å². The Bertz CT molecular complexity index is 1150. The molecule has 7 nitrogen and oxygen atoms in total. The van der Waals surface area contributed by atoms with Crippen LogP contribution in [0.1, 0.15) is 18.4 Å². The zero-order valence-electron chi connectivity index (χ0n) is 16.0. The van der Waals surface area contributed by atoms with Crippen molar-refractivity contribution >= 4 is 28.3 Å². The van der Waals surface area contributed by atoms with Gasteiger partial charge in [0.05, 0.1) is 34.9 Å². The molecular weight excluding hydrogens is 390 g/mol. The van der Waals surface area contributed by atoms with Crippen LogP contribution in [0.3, 0.4) is 0 Å². The van der Waals surface area contributed by atoms with E-state index >= 15 is 0 Å². The van der Waals surface area contributed by atoms with Crippen LogP contribution in [-0.2, 0) is 6.54 Å². The van der Waals surface area contributed by atoms with Crippen molar-refractivity contribution in [1.82, 2.24) is 14.5 Å². The van der Waals surface area contributed by atoms with Crippen molar-refractivity contribution in [3.05, 3.63) is 57.7 Å². The first kappa shape index (κ1) is 19.2. The molecule has 1 aliphatic rings. The molecule has 1 saturated heterocycles. The summed E-state index contributed by atoms with van der Waals surface area (Å²) >= 11 is 6.29. The number of halogens is 1. The highest BCUT2D eigenvalue weighted by Crippen LogP contribution is 2.28. The van der Waals surface area contributed by atoms with Crippen LogP contribution in [0.5, 0.6) is 5.75 Å². The van der Waals surface area contributed by atoms with E-state index < -0.39 is 0 Å². The molecule has 148 valence electrons. The second-order valence-electron chi connectivity index (χ2n) is 7.16. The van der Waals surface area contributed by atoms with Gasteiger partial charge in [-0.05, 0) is 37.0 Å². The molecule has 0 aliphatic carbocycles. The number of benzene rings is 1. The number of pyridine rings is 1. The Balaban J connectivity index is 1.45. The average molecular weight is 410 g/mol. The maximum atomic E-state index is 12.8. The summed E-state index contributed by atoms with van der Waals surface area (Å²) in [7, 11) is 1.59. The van der Waals surface area contributed by atoms with Gasteiger partial charge < -0.3 is 9.64 Å². The minimum absolute atomic E-state index is 0.0307. The van der Waals surface area contributed by atoms with E-state index in [4.69, 9.17) is 21.6 Å². The molecule has 1 fully saturated rings. The molecule has 3 aromatic rings. The molecule has 0 amide bonds. The molecule has 1 aliphatic heterocycles. The third-order valence-corrected chi connectivity index (χ3v) is 5.63. The highest BCUT2D eigenvalue weighted by molar-refractivity contribution is 6.33. The molecular formula is C21H20ClN5O2. The summed E-state index contributed by atoms with van der Waals surface area (Å²) in [4.78, 5) is 23.7. The summed E-state index contributed by atoms with van der Waals surface area (Å²) in [5, 5.41) is 10.0. The summed E-state index contributed by atoms with van der Waals surface area (Å²) in [6, 6.07) is 9.01. The van der Waals surface area contributed by atoms with Crippen LogP contribution in [0.15, 0.2) is 41.6 Å². The standard InChI is InChI=1S/C21H20ClN5O2/c1-29-16-2-3-17-19(9-16)25-13-27(21(17)28)12-14-4-6-26(7-5-14)20-18(22)8-15(10-23)11-24-20/h2-3,8-9,11,13-14H,4-7,12H2,1H3. The van der Waals surface area contributed by atoms with E-state index in [9.17, 15) is 4.79 Å². The van der Waals surface area contributed by atoms with Crippen LogP contribution in [0, 0.1) is 17.2 Å². The number of piperidine rings is 1. The van der Waals surface area contributed by atoms with E-state index in [1.165, 1.54) is 0 Å². The number of hydrogen-bond acceptors (Lipinski definition) is 6. The van der Waals surface area contributed by atoms with Crippen LogP contribution >= 0.6 is 11.6 Å². The maximum absolute atomic E-state index is 12.8. The van der Waals surface area contributed by atoms with E-state index in [1.54, 1.807) is 48.5 Å². The Kier molecular flexibility index (Phi) is 5.36. The van der Waals surface area contributed by atoms with E-state index in [-0.39, 0.29) is 5.56 Å². The first-order valence-corrected chi connectivity index (χ1v) is 9.80. The Hall–Kier alpha value is -3.11. The van der Waals surface area contributed by atoms with Gasteiger partial charge in [0, 0.05) is 31.9 Å². The summed E-state index contributed by atoms with van der Waals surface area (Å²) in [6.07, 6.45) is 5.01. The van der Waals surface area contributed by atoms with Gasteiger partial charge in [0.25, 0.3) is 5.56 Å². The van der Waals surface area contributed by atoms with Crippen molar-refractivity contribution in [2.75, 3.05) is 25.1 Å². The van der Waals surface area contributed by atoms with Gasteiger partial charge in [0.15, 0.2) is 0 Å². The van der Waals surface area contributed by atoms with Crippen LogP contribution in [-0.4, -0.2) is 34.7 Å². The molecule has 0 atom stereocenters. The Morgan fingerprint density at radius 1 is 1.28 bits per heavy atom. The maximum Gasteiger partial charge on any atom is 0.261 e. The predicted molar refractivity (Wildman–Crippen MR) is 111 cm³/mol. The third-order valence-electron chi connectivity index (χ3n) is 5.35. The molecule has 0 N–H and O–H groups in total. The zero-order valence-corrected chi connectivity index (χ0v) is 16.8. The second-order valence-corrected chi connectivity index (χ2v) is 7.56. The molecule has 3 heterocycles. The summed E-state index contributed by atoms with van der Waals surface area (Å²) in [5.41, 5.74) is 1.06. The monoisotopic (exact) mass is 409 g/mol. The Morgan fingerprint density at radius 3 is 2.76 bits per heavy atom. The number of hydrogen-bond donors (Lipinski definition) is 0. The number of fused-ring (bicyclic) bond motifs is 1. The van der Waals surface area contributed by atoms with E-state index in [0.29, 0.717) is 45.5 Å². The normalized spacial score (nSPS) is 14.7. The van der Waals surface area contributed by atoms with Crippen LogP contribution < -0.4 is 15.2 Å². The number of anilines is 1. The van der Waals surface area contributed by atoms with E-state index in [2.05, 4.69) is 14.9 Å². The smallest absolute Gasteiger partial charge is 0.261 e. The zero-order chi connectivity index (χ0) is 20.4. The molecule has 0 bridgehead atoms. The molecule has 0 radical (unpaired) electrons. The highest BCUT2D eigenvalue weighted by atomic mass is 35.5. The molecule has 2 aromatic heterocycles. The van der Waals surface area contributed by atoms with Crippen molar-refractivity contribution < 1.29 is 4.74 Å². The third kappa shape index (κ3) is 3.89. The van der Waals surface area contributed by atoms with Gasteiger partial charge in [-0.1, -0.05) is 11.6 Å². The van der Waals surface area contributed by atoms with Gasteiger partial charge in [-0.3, -0.25) is 9.36 Å². The number of ether oxygens (including phenoxy) is 1. The lowest BCUT2D eigenvalue weighted by molar-refractivity contribution is 0.351. The Morgan fingerprint density at radius 2 is 2.07 bits per heavy atom. The molecule has 8 heteroatoms. The fourth-order valence-corrected chi connectivity index (χ4v) is 4.01. The molecule has 29 heavy (non-hydrogen) atoms. The molecule has 0 spiro atoms. The van der Waals surface area contributed by atoms with Gasteiger partial charge in [0.2, 0.25) is 0 Å². The van der Waals surface area contributed by atoms with Gasteiger partial charge in [-0.25, -0.2) is 9.97 Å². The van der Waals surface area contributed by atoms with E-state index in [0.717, 1.165) is 25.9 Å². The van der Waals surface area contributed by atoms with Gasteiger partial charge in [-0.2, -0.15) is 5.26 Å². The van der Waals surface area contributed by atoms with Gasteiger partial charge in [0.1, 0.15) is 17.6 Å². The van der Waals surface area contributed by atoms with Crippen LogP contribution in [0.25, 0.3) is 10.9 Å². The minimum atomic E-state index is -0.0307. The summed E-state index contributed by atoms with van der Waals surface area (Å²) in [6.45, 7) is 2.24. The van der Waals surface area contributed by atoms with Gasteiger partial charge in [-0.15, -0.1) is 0 Å². The fourth-order valence-electron chi connectivity index (χ4n) is 3.73. The SMILES string of the molecule is COc1ccc2c(=O)n(CC3CCN(c4ncc(C#N)cc4Cl)CC3)cnc2c1.